The maximum atomic E-state index is 11.8. The molecular formula is C12H14N2O. The third-order valence-electron chi connectivity index (χ3n) is 3.46. The molecule has 2 aliphatic heterocycles. The van der Waals surface area contributed by atoms with Gasteiger partial charge in [0.05, 0.1) is 5.92 Å². The van der Waals surface area contributed by atoms with Gasteiger partial charge in [0.25, 0.3) is 0 Å². The number of carbonyl (C=O) groups is 1. The molecule has 0 radical (unpaired) electrons. The van der Waals surface area contributed by atoms with E-state index in [1.165, 1.54) is 11.1 Å². The molecule has 0 spiro atoms. The van der Waals surface area contributed by atoms with Gasteiger partial charge in [-0.2, -0.15) is 0 Å². The van der Waals surface area contributed by atoms with Crippen LogP contribution in [0.25, 0.3) is 0 Å². The molecule has 2 aliphatic rings. The predicted molar refractivity (Wildman–Crippen MR) is 57.4 cm³/mol. The van der Waals surface area contributed by atoms with Crippen LogP contribution in [0.15, 0.2) is 24.3 Å². The van der Waals surface area contributed by atoms with E-state index in [4.69, 9.17) is 0 Å². The normalized spacial score (nSPS) is 28.9. The minimum atomic E-state index is 0.119. The van der Waals surface area contributed by atoms with Crippen LogP contribution in [0.2, 0.25) is 0 Å². The molecule has 78 valence electrons. The van der Waals surface area contributed by atoms with Crippen molar-refractivity contribution in [2.75, 3.05) is 13.1 Å². The summed E-state index contributed by atoms with van der Waals surface area (Å²) in [6.45, 7) is 2.42. The van der Waals surface area contributed by atoms with E-state index in [1.54, 1.807) is 0 Å². The second kappa shape index (κ2) is 3.35. The lowest BCUT2D eigenvalue weighted by Gasteiger charge is -2.15. The molecule has 2 atom stereocenters. The Balaban J connectivity index is 2.08. The summed E-state index contributed by atoms with van der Waals surface area (Å²) in [6, 6.07) is 8.36. The van der Waals surface area contributed by atoms with Crippen LogP contribution in [0.4, 0.5) is 0 Å². The lowest BCUT2D eigenvalue weighted by molar-refractivity contribution is -0.124. The molecule has 1 fully saturated rings. The molecule has 2 heterocycles. The van der Waals surface area contributed by atoms with Crippen LogP contribution in [0.1, 0.15) is 17.0 Å². The fraction of sp³-hybridized carbons (Fsp3) is 0.417. The van der Waals surface area contributed by atoms with Crippen LogP contribution in [-0.4, -0.2) is 19.0 Å². The van der Waals surface area contributed by atoms with E-state index in [9.17, 15) is 4.79 Å². The van der Waals surface area contributed by atoms with Crippen LogP contribution in [0.5, 0.6) is 0 Å². The molecule has 0 bridgehead atoms. The van der Waals surface area contributed by atoms with E-state index in [0.29, 0.717) is 12.5 Å². The van der Waals surface area contributed by atoms with E-state index in [0.717, 1.165) is 13.1 Å². The number of nitrogens with one attached hydrogen (secondary N) is 2. The van der Waals surface area contributed by atoms with Gasteiger partial charge in [-0.3, -0.25) is 4.79 Å². The third kappa shape index (κ3) is 1.35. The number of amides is 1. The van der Waals surface area contributed by atoms with Gasteiger partial charge in [0.1, 0.15) is 0 Å². The Kier molecular flexibility index (Phi) is 1.99. The summed E-state index contributed by atoms with van der Waals surface area (Å²) in [5, 5.41) is 6.30. The van der Waals surface area contributed by atoms with Gasteiger partial charge in [0, 0.05) is 25.6 Å². The van der Waals surface area contributed by atoms with Gasteiger partial charge < -0.3 is 10.6 Å². The van der Waals surface area contributed by atoms with Gasteiger partial charge in [0.15, 0.2) is 0 Å². The first-order valence-electron chi connectivity index (χ1n) is 5.42. The minimum Gasteiger partial charge on any atom is -0.352 e. The van der Waals surface area contributed by atoms with E-state index >= 15 is 0 Å². The number of rotatable bonds is 0. The molecule has 0 aromatic heterocycles. The van der Waals surface area contributed by atoms with Crippen LogP contribution in [-0.2, 0) is 11.3 Å². The number of fused-ring (bicyclic) bond motifs is 3. The third-order valence-corrected chi connectivity index (χ3v) is 3.46. The van der Waals surface area contributed by atoms with Crippen molar-refractivity contribution in [2.45, 2.75) is 12.5 Å². The summed E-state index contributed by atoms with van der Waals surface area (Å²) >= 11 is 0. The highest BCUT2D eigenvalue weighted by molar-refractivity contribution is 5.81. The molecule has 1 aromatic rings. The summed E-state index contributed by atoms with van der Waals surface area (Å²) in [7, 11) is 0. The SMILES string of the molecule is O=C1NCc2ccccc2[C@@H]2CNC[C@@H]12. The first kappa shape index (κ1) is 8.92. The molecule has 0 aliphatic carbocycles. The molecule has 1 saturated heterocycles. The summed E-state index contributed by atoms with van der Waals surface area (Å²) in [5.41, 5.74) is 2.60. The molecule has 2 N–H and O–H groups in total. The Hall–Kier alpha value is -1.35. The van der Waals surface area contributed by atoms with Crippen molar-refractivity contribution in [3.05, 3.63) is 35.4 Å². The molecule has 3 nitrogen and oxygen atoms in total. The van der Waals surface area contributed by atoms with Crippen molar-refractivity contribution in [2.24, 2.45) is 5.92 Å². The maximum absolute atomic E-state index is 11.8. The average molecular weight is 202 g/mol. The van der Waals surface area contributed by atoms with Crippen LogP contribution < -0.4 is 10.6 Å². The Morgan fingerprint density at radius 3 is 2.87 bits per heavy atom. The monoisotopic (exact) mass is 202 g/mol. The first-order chi connectivity index (χ1) is 7.36. The minimum absolute atomic E-state index is 0.119. The summed E-state index contributed by atoms with van der Waals surface area (Å²) in [6.07, 6.45) is 0. The summed E-state index contributed by atoms with van der Waals surface area (Å²) < 4.78 is 0. The van der Waals surface area contributed by atoms with Gasteiger partial charge in [-0.25, -0.2) is 0 Å². The number of benzene rings is 1. The summed E-state index contributed by atoms with van der Waals surface area (Å²) in [5.74, 6) is 0.679. The van der Waals surface area contributed by atoms with Gasteiger partial charge in [0.2, 0.25) is 5.91 Å². The zero-order valence-corrected chi connectivity index (χ0v) is 8.49. The number of hydrogen-bond donors (Lipinski definition) is 2. The second-order valence-electron chi connectivity index (χ2n) is 4.29. The molecule has 1 aromatic carbocycles. The zero-order valence-electron chi connectivity index (χ0n) is 8.49. The van der Waals surface area contributed by atoms with E-state index in [2.05, 4.69) is 28.8 Å². The topological polar surface area (TPSA) is 41.1 Å². The molecule has 15 heavy (non-hydrogen) atoms. The van der Waals surface area contributed by atoms with Crippen LogP contribution in [0, 0.1) is 5.92 Å². The number of carbonyl (C=O) groups excluding carboxylic acids is 1. The molecule has 0 saturated carbocycles. The first-order valence-corrected chi connectivity index (χ1v) is 5.42. The molecule has 1 amide bonds. The van der Waals surface area contributed by atoms with E-state index in [-0.39, 0.29) is 11.8 Å². The van der Waals surface area contributed by atoms with Crippen LogP contribution in [0.3, 0.4) is 0 Å². The second-order valence-corrected chi connectivity index (χ2v) is 4.29. The van der Waals surface area contributed by atoms with Gasteiger partial charge >= 0.3 is 0 Å². The Labute approximate surface area is 88.9 Å². The van der Waals surface area contributed by atoms with Crippen molar-refractivity contribution in [3.63, 3.8) is 0 Å². The van der Waals surface area contributed by atoms with E-state index in [1.807, 2.05) is 6.07 Å². The lowest BCUT2D eigenvalue weighted by Crippen LogP contribution is -2.31. The molecule has 3 rings (SSSR count). The highest BCUT2D eigenvalue weighted by atomic mass is 16.1. The standard InChI is InChI=1S/C12H14N2O/c15-12-11-7-13-6-10(11)9-4-2-1-3-8(9)5-14-12/h1-4,10-11,13H,5-7H2,(H,14,15)/t10-,11+/m0/s1. The Morgan fingerprint density at radius 1 is 1.13 bits per heavy atom. The van der Waals surface area contributed by atoms with E-state index < -0.39 is 0 Å². The summed E-state index contributed by atoms with van der Waals surface area (Å²) in [4.78, 5) is 11.8. The van der Waals surface area contributed by atoms with Crippen molar-refractivity contribution in [1.29, 1.82) is 0 Å². The predicted octanol–water partition coefficient (Wildman–Crippen LogP) is 0.619. The van der Waals surface area contributed by atoms with Crippen molar-refractivity contribution in [1.82, 2.24) is 10.6 Å². The quantitative estimate of drug-likeness (QED) is 0.647. The van der Waals surface area contributed by atoms with Crippen LogP contribution >= 0.6 is 0 Å². The van der Waals surface area contributed by atoms with Crippen molar-refractivity contribution in [3.8, 4) is 0 Å². The van der Waals surface area contributed by atoms with Crippen molar-refractivity contribution >= 4 is 5.91 Å². The highest BCUT2D eigenvalue weighted by Gasteiger charge is 2.36. The maximum Gasteiger partial charge on any atom is 0.225 e. The fourth-order valence-corrected chi connectivity index (χ4v) is 2.65. The molecule has 0 unspecified atom stereocenters. The Morgan fingerprint density at radius 2 is 1.93 bits per heavy atom. The highest BCUT2D eigenvalue weighted by Crippen LogP contribution is 2.32. The van der Waals surface area contributed by atoms with Gasteiger partial charge in [-0.05, 0) is 11.1 Å². The molecular weight excluding hydrogens is 188 g/mol. The average Bonchev–Trinajstić information content (AvgIpc) is 2.71. The zero-order chi connectivity index (χ0) is 10.3. The van der Waals surface area contributed by atoms with Gasteiger partial charge in [-0.1, -0.05) is 24.3 Å². The lowest BCUT2D eigenvalue weighted by atomic mass is 9.87. The number of hydrogen-bond acceptors (Lipinski definition) is 2. The Bertz CT molecular complexity index is 402. The van der Waals surface area contributed by atoms with Gasteiger partial charge in [-0.15, -0.1) is 0 Å². The fourth-order valence-electron chi connectivity index (χ4n) is 2.65. The molecule has 3 heteroatoms. The largest absolute Gasteiger partial charge is 0.352 e. The van der Waals surface area contributed by atoms with Crippen molar-refractivity contribution < 1.29 is 4.79 Å². The smallest absolute Gasteiger partial charge is 0.225 e.